The lowest BCUT2D eigenvalue weighted by Crippen LogP contribution is -2.23. The number of rotatable bonds is 8. The molecule has 26 heavy (non-hydrogen) atoms. The molecule has 2 rings (SSSR count). The topological polar surface area (TPSA) is 92.3 Å². The van der Waals surface area contributed by atoms with Crippen molar-refractivity contribution in [1.82, 2.24) is 4.72 Å². The average Bonchev–Trinajstić information content (AvgIpc) is 2.55. The van der Waals surface area contributed by atoms with Gasteiger partial charge < -0.3 is 0 Å². The van der Waals surface area contributed by atoms with Crippen LogP contribution >= 0.6 is 0 Å². The summed E-state index contributed by atoms with van der Waals surface area (Å²) in [6.07, 6.45) is 0.884. The second-order valence-electron chi connectivity index (χ2n) is 6.37. The van der Waals surface area contributed by atoms with Crippen molar-refractivity contribution in [2.24, 2.45) is 5.92 Å². The first-order chi connectivity index (χ1) is 12.1. The van der Waals surface area contributed by atoms with E-state index in [9.17, 15) is 16.8 Å². The van der Waals surface area contributed by atoms with E-state index in [1.165, 1.54) is 24.3 Å². The number of nitrogens with one attached hydrogen (secondary N) is 2. The fraction of sp³-hybridized carbons (Fsp3) is 0.333. The van der Waals surface area contributed by atoms with Crippen LogP contribution in [0.25, 0.3) is 0 Å². The van der Waals surface area contributed by atoms with E-state index in [2.05, 4.69) is 23.3 Å². The Labute approximate surface area is 155 Å². The van der Waals surface area contributed by atoms with Crippen LogP contribution in [-0.2, 0) is 26.5 Å². The fourth-order valence-corrected chi connectivity index (χ4v) is 4.57. The number of sulfonamides is 2. The molecule has 0 amide bonds. The highest BCUT2D eigenvalue weighted by molar-refractivity contribution is 7.92. The first-order valence-electron chi connectivity index (χ1n) is 8.35. The van der Waals surface area contributed by atoms with Gasteiger partial charge in [0.2, 0.25) is 10.0 Å². The standard InChI is InChI=1S/C18H24N2O4S2/c1-4-19-25(21,22)17-11-7-16(8-12-17)20-26(23,24)18-9-5-15(6-10-18)13-14(2)3/h5-12,14,19-20H,4,13H2,1-3H3. The molecule has 0 aromatic heterocycles. The lowest BCUT2D eigenvalue weighted by atomic mass is 10.0. The summed E-state index contributed by atoms with van der Waals surface area (Å²) in [4.78, 5) is 0.245. The zero-order valence-electron chi connectivity index (χ0n) is 15.1. The molecule has 0 saturated carbocycles. The Morgan fingerprint density at radius 2 is 1.31 bits per heavy atom. The maximum absolute atomic E-state index is 12.5. The second-order valence-corrected chi connectivity index (χ2v) is 9.82. The quantitative estimate of drug-likeness (QED) is 0.717. The lowest BCUT2D eigenvalue weighted by Gasteiger charge is -2.10. The maximum atomic E-state index is 12.5. The van der Waals surface area contributed by atoms with Gasteiger partial charge in [0, 0.05) is 12.2 Å². The molecule has 0 fully saturated rings. The molecule has 0 aliphatic carbocycles. The van der Waals surface area contributed by atoms with Crippen molar-refractivity contribution >= 4 is 25.7 Å². The number of hydrogen-bond acceptors (Lipinski definition) is 4. The summed E-state index contributed by atoms with van der Waals surface area (Å²) in [6, 6.07) is 12.3. The van der Waals surface area contributed by atoms with Crippen LogP contribution in [0.5, 0.6) is 0 Å². The molecule has 0 radical (unpaired) electrons. The summed E-state index contributed by atoms with van der Waals surface area (Å²) in [6.45, 7) is 6.17. The molecule has 2 aromatic rings. The van der Waals surface area contributed by atoms with Crippen LogP contribution < -0.4 is 9.44 Å². The molecule has 0 aliphatic heterocycles. The minimum atomic E-state index is -3.73. The molecule has 0 aliphatic rings. The van der Waals surface area contributed by atoms with Crippen LogP contribution in [-0.4, -0.2) is 23.4 Å². The van der Waals surface area contributed by atoms with E-state index < -0.39 is 20.0 Å². The van der Waals surface area contributed by atoms with Gasteiger partial charge in [-0.25, -0.2) is 21.6 Å². The molecule has 0 saturated heterocycles. The van der Waals surface area contributed by atoms with E-state index in [0.717, 1.165) is 12.0 Å². The van der Waals surface area contributed by atoms with Gasteiger partial charge in [0.15, 0.2) is 0 Å². The molecule has 142 valence electrons. The van der Waals surface area contributed by atoms with E-state index in [4.69, 9.17) is 0 Å². The van der Waals surface area contributed by atoms with E-state index in [-0.39, 0.29) is 16.3 Å². The van der Waals surface area contributed by atoms with E-state index >= 15 is 0 Å². The third-order valence-corrected chi connectivity index (χ3v) is 6.59. The summed E-state index contributed by atoms with van der Waals surface area (Å²) in [7, 11) is -7.30. The van der Waals surface area contributed by atoms with Crippen LogP contribution in [0.4, 0.5) is 5.69 Å². The monoisotopic (exact) mass is 396 g/mol. The van der Waals surface area contributed by atoms with Crippen molar-refractivity contribution < 1.29 is 16.8 Å². The number of hydrogen-bond donors (Lipinski definition) is 2. The van der Waals surface area contributed by atoms with Gasteiger partial charge in [0.05, 0.1) is 9.79 Å². The normalized spacial score (nSPS) is 12.3. The molecule has 0 unspecified atom stereocenters. The molecule has 6 nitrogen and oxygen atoms in total. The molecular weight excluding hydrogens is 372 g/mol. The van der Waals surface area contributed by atoms with E-state index in [1.54, 1.807) is 31.2 Å². The summed E-state index contributed by atoms with van der Waals surface area (Å²) in [5.41, 5.74) is 1.38. The molecule has 0 heterocycles. The Morgan fingerprint density at radius 1 is 0.808 bits per heavy atom. The molecule has 0 bridgehead atoms. The van der Waals surface area contributed by atoms with Gasteiger partial charge in [-0.3, -0.25) is 4.72 Å². The zero-order valence-corrected chi connectivity index (χ0v) is 16.7. The van der Waals surface area contributed by atoms with Crippen molar-refractivity contribution in [3.05, 3.63) is 54.1 Å². The lowest BCUT2D eigenvalue weighted by molar-refractivity contribution is 0.584. The van der Waals surface area contributed by atoms with E-state index in [1.807, 2.05) is 0 Å². The van der Waals surface area contributed by atoms with Gasteiger partial charge in [-0.15, -0.1) is 0 Å². The highest BCUT2D eigenvalue weighted by atomic mass is 32.2. The number of benzene rings is 2. The maximum Gasteiger partial charge on any atom is 0.261 e. The SMILES string of the molecule is CCNS(=O)(=O)c1ccc(NS(=O)(=O)c2ccc(CC(C)C)cc2)cc1. The smallest absolute Gasteiger partial charge is 0.261 e. The Bertz CT molecular complexity index is 934. The van der Waals surface area contributed by atoms with Crippen LogP contribution in [0, 0.1) is 5.92 Å². The Hall–Kier alpha value is -1.90. The fourth-order valence-electron chi connectivity index (χ4n) is 2.47. The third kappa shape index (κ3) is 5.30. The summed E-state index contributed by atoms with van der Waals surface area (Å²) in [5, 5.41) is 0. The molecule has 0 spiro atoms. The van der Waals surface area contributed by atoms with Gasteiger partial charge in [0.1, 0.15) is 0 Å². The van der Waals surface area contributed by atoms with Crippen molar-refractivity contribution in [2.45, 2.75) is 37.0 Å². The van der Waals surface area contributed by atoms with Gasteiger partial charge in [-0.05, 0) is 54.3 Å². The Morgan fingerprint density at radius 3 is 1.81 bits per heavy atom. The first kappa shape index (κ1) is 20.4. The largest absolute Gasteiger partial charge is 0.280 e. The molecular formula is C18H24N2O4S2. The van der Waals surface area contributed by atoms with Gasteiger partial charge in [-0.2, -0.15) is 0 Å². The van der Waals surface area contributed by atoms with Crippen LogP contribution in [0.1, 0.15) is 26.3 Å². The van der Waals surface area contributed by atoms with E-state index in [0.29, 0.717) is 11.6 Å². The molecule has 2 aromatic carbocycles. The van der Waals surface area contributed by atoms with Crippen LogP contribution in [0.3, 0.4) is 0 Å². The molecule has 8 heteroatoms. The minimum Gasteiger partial charge on any atom is -0.280 e. The predicted molar refractivity (Wildman–Crippen MR) is 103 cm³/mol. The van der Waals surface area contributed by atoms with Crippen molar-refractivity contribution in [1.29, 1.82) is 0 Å². The molecule has 0 atom stereocenters. The van der Waals surface area contributed by atoms with Gasteiger partial charge in [-0.1, -0.05) is 32.9 Å². The van der Waals surface area contributed by atoms with Crippen LogP contribution in [0.15, 0.2) is 58.3 Å². The van der Waals surface area contributed by atoms with Crippen LogP contribution in [0.2, 0.25) is 0 Å². The second kappa shape index (κ2) is 8.20. The highest BCUT2D eigenvalue weighted by Gasteiger charge is 2.16. The van der Waals surface area contributed by atoms with Crippen molar-refractivity contribution in [3.8, 4) is 0 Å². The summed E-state index contributed by atoms with van der Waals surface area (Å²) in [5.74, 6) is 0.493. The Balaban J connectivity index is 2.16. The summed E-state index contributed by atoms with van der Waals surface area (Å²) < 4.78 is 53.6. The molecule has 2 N–H and O–H groups in total. The highest BCUT2D eigenvalue weighted by Crippen LogP contribution is 2.19. The number of anilines is 1. The predicted octanol–water partition coefficient (Wildman–Crippen LogP) is 2.98. The van der Waals surface area contributed by atoms with Crippen molar-refractivity contribution in [2.75, 3.05) is 11.3 Å². The van der Waals surface area contributed by atoms with Gasteiger partial charge in [0.25, 0.3) is 10.0 Å². The third-order valence-electron chi connectivity index (χ3n) is 3.63. The Kier molecular flexibility index (Phi) is 6.44. The summed E-state index contributed by atoms with van der Waals surface area (Å²) >= 11 is 0. The van der Waals surface area contributed by atoms with Crippen molar-refractivity contribution in [3.63, 3.8) is 0 Å². The minimum absolute atomic E-state index is 0.0836. The zero-order chi connectivity index (χ0) is 19.4. The van der Waals surface area contributed by atoms with Gasteiger partial charge >= 0.3 is 0 Å². The first-order valence-corrected chi connectivity index (χ1v) is 11.3. The average molecular weight is 397 g/mol.